The fourth-order valence-corrected chi connectivity index (χ4v) is 4.13. The van der Waals surface area contributed by atoms with Crippen LogP contribution >= 0.6 is 0 Å². The van der Waals surface area contributed by atoms with Crippen molar-refractivity contribution in [2.75, 3.05) is 34.3 Å². The normalized spacial score (nSPS) is 17.0. The van der Waals surface area contributed by atoms with E-state index in [2.05, 4.69) is 6.92 Å². The molecule has 0 bridgehead atoms. The van der Waals surface area contributed by atoms with Gasteiger partial charge in [0.1, 0.15) is 5.75 Å². The van der Waals surface area contributed by atoms with E-state index >= 15 is 0 Å². The van der Waals surface area contributed by atoms with Gasteiger partial charge in [0.05, 0.1) is 17.6 Å². The minimum Gasteiger partial charge on any atom is -0.496 e. The Kier molecular flexibility index (Phi) is 5.31. The number of hydrogen-bond acceptors (Lipinski definition) is 4. The van der Waals surface area contributed by atoms with Gasteiger partial charge in [-0.1, -0.05) is 6.92 Å². The Morgan fingerprint density at radius 2 is 1.87 bits per heavy atom. The lowest BCUT2D eigenvalue weighted by Gasteiger charge is -2.29. The first kappa shape index (κ1) is 17.7. The van der Waals surface area contributed by atoms with Gasteiger partial charge in [-0.2, -0.15) is 4.31 Å². The first-order valence-electron chi connectivity index (χ1n) is 7.67. The molecule has 0 atom stereocenters. The predicted octanol–water partition coefficient (Wildman–Crippen LogP) is 1.82. The summed E-state index contributed by atoms with van der Waals surface area (Å²) in [5.41, 5.74) is 0.254. The lowest BCUT2D eigenvalue weighted by molar-refractivity contribution is 0.0824. The minimum absolute atomic E-state index is 0.137. The highest BCUT2D eigenvalue weighted by atomic mass is 32.2. The zero-order valence-electron chi connectivity index (χ0n) is 14.1. The number of rotatable bonds is 4. The van der Waals surface area contributed by atoms with Crippen LogP contribution < -0.4 is 4.74 Å². The Labute approximate surface area is 138 Å². The summed E-state index contributed by atoms with van der Waals surface area (Å²) in [7, 11) is 1.12. The number of piperidine rings is 1. The predicted molar refractivity (Wildman–Crippen MR) is 88.2 cm³/mol. The molecule has 1 fully saturated rings. The fourth-order valence-electron chi connectivity index (χ4n) is 2.63. The highest BCUT2D eigenvalue weighted by molar-refractivity contribution is 7.89. The van der Waals surface area contributed by atoms with Crippen LogP contribution in [0.15, 0.2) is 23.1 Å². The molecule has 7 heteroatoms. The van der Waals surface area contributed by atoms with E-state index in [0.717, 1.165) is 12.8 Å². The molecule has 0 aromatic heterocycles. The van der Waals surface area contributed by atoms with Crippen LogP contribution in [0, 0.1) is 5.92 Å². The van der Waals surface area contributed by atoms with Gasteiger partial charge in [-0.3, -0.25) is 4.79 Å². The first-order valence-corrected chi connectivity index (χ1v) is 9.11. The van der Waals surface area contributed by atoms with E-state index in [-0.39, 0.29) is 16.4 Å². The maximum atomic E-state index is 12.8. The number of carbonyl (C=O) groups is 1. The number of sulfonamides is 1. The molecule has 0 unspecified atom stereocenters. The van der Waals surface area contributed by atoms with E-state index < -0.39 is 10.0 Å². The van der Waals surface area contributed by atoms with Crippen LogP contribution in [0.25, 0.3) is 0 Å². The second-order valence-electron chi connectivity index (χ2n) is 6.15. The summed E-state index contributed by atoms with van der Waals surface area (Å²) in [4.78, 5) is 13.8. The van der Waals surface area contributed by atoms with E-state index in [9.17, 15) is 13.2 Å². The van der Waals surface area contributed by atoms with Crippen molar-refractivity contribution in [3.63, 3.8) is 0 Å². The van der Waals surface area contributed by atoms with Crippen LogP contribution in [0.5, 0.6) is 5.75 Å². The average molecular weight is 340 g/mol. The number of nitrogens with zero attached hydrogens (tertiary/aromatic N) is 2. The maximum absolute atomic E-state index is 12.8. The monoisotopic (exact) mass is 340 g/mol. The SMILES string of the molecule is COc1ccc(S(=O)(=O)N2CCC(C)CC2)cc1C(=O)N(C)C. The zero-order chi connectivity index (χ0) is 17.2. The van der Waals surface area contributed by atoms with Crippen molar-refractivity contribution in [2.45, 2.75) is 24.7 Å². The molecule has 1 aromatic rings. The van der Waals surface area contributed by atoms with Crippen molar-refractivity contribution >= 4 is 15.9 Å². The second kappa shape index (κ2) is 6.88. The molecule has 1 heterocycles. The van der Waals surface area contributed by atoms with E-state index in [4.69, 9.17) is 4.74 Å². The number of ether oxygens (including phenoxy) is 1. The Balaban J connectivity index is 2.39. The maximum Gasteiger partial charge on any atom is 0.257 e. The zero-order valence-corrected chi connectivity index (χ0v) is 14.9. The average Bonchev–Trinajstić information content (AvgIpc) is 2.53. The van der Waals surface area contributed by atoms with Gasteiger partial charge in [-0.15, -0.1) is 0 Å². The highest BCUT2D eigenvalue weighted by Crippen LogP contribution is 2.28. The molecular weight excluding hydrogens is 316 g/mol. The van der Waals surface area contributed by atoms with E-state index in [1.54, 1.807) is 14.1 Å². The lowest BCUT2D eigenvalue weighted by atomic mass is 10.0. The molecule has 2 rings (SSSR count). The van der Waals surface area contributed by atoms with E-state index in [0.29, 0.717) is 24.8 Å². The number of carbonyl (C=O) groups excluding carboxylic acids is 1. The molecule has 1 aliphatic rings. The van der Waals surface area contributed by atoms with E-state index in [1.807, 2.05) is 0 Å². The number of amides is 1. The van der Waals surface area contributed by atoms with Crippen LogP contribution in [0.4, 0.5) is 0 Å². The number of benzene rings is 1. The van der Waals surface area contributed by atoms with Gasteiger partial charge in [0, 0.05) is 27.2 Å². The van der Waals surface area contributed by atoms with Crippen molar-refractivity contribution in [3.8, 4) is 5.75 Å². The molecule has 0 spiro atoms. The molecule has 1 aromatic carbocycles. The molecule has 23 heavy (non-hydrogen) atoms. The quantitative estimate of drug-likeness (QED) is 0.838. The summed E-state index contributed by atoms with van der Waals surface area (Å²) in [6, 6.07) is 4.45. The topological polar surface area (TPSA) is 66.9 Å². The smallest absolute Gasteiger partial charge is 0.257 e. The minimum atomic E-state index is -3.59. The molecule has 128 valence electrons. The van der Waals surface area contributed by atoms with Crippen molar-refractivity contribution in [1.82, 2.24) is 9.21 Å². The molecule has 0 aliphatic carbocycles. The molecule has 1 aliphatic heterocycles. The molecule has 6 nitrogen and oxygen atoms in total. The summed E-state index contributed by atoms with van der Waals surface area (Å²) in [6.07, 6.45) is 1.72. The van der Waals surface area contributed by atoms with Crippen LogP contribution in [0.1, 0.15) is 30.1 Å². The molecule has 0 N–H and O–H groups in total. The summed E-state index contributed by atoms with van der Waals surface area (Å²) in [5.74, 6) is 0.629. The number of hydrogen-bond donors (Lipinski definition) is 0. The largest absolute Gasteiger partial charge is 0.496 e. The van der Waals surface area contributed by atoms with Gasteiger partial charge in [-0.05, 0) is 37.0 Å². The van der Waals surface area contributed by atoms with Crippen molar-refractivity contribution in [2.24, 2.45) is 5.92 Å². The Morgan fingerprint density at radius 1 is 1.26 bits per heavy atom. The Morgan fingerprint density at radius 3 is 2.39 bits per heavy atom. The first-order chi connectivity index (χ1) is 10.8. The molecule has 0 radical (unpaired) electrons. The summed E-state index contributed by atoms with van der Waals surface area (Å²) < 4.78 is 32.3. The lowest BCUT2D eigenvalue weighted by Crippen LogP contribution is -2.38. The Hall–Kier alpha value is -1.60. The third-order valence-corrected chi connectivity index (χ3v) is 6.08. The van der Waals surface area contributed by atoms with Crippen molar-refractivity contribution in [1.29, 1.82) is 0 Å². The van der Waals surface area contributed by atoms with Gasteiger partial charge in [0.25, 0.3) is 5.91 Å². The summed E-state index contributed by atoms with van der Waals surface area (Å²) in [5, 5.41) is 0. The van der Waals surface area contributed by atoms with Gasteiger partial charge in [-0.25, -0.2) is 8.42 Å². The van der Waals surface area contributed by atoms with Crippen LogP contribution in [0.3, 0.4) is 0 Å². The second-order valence-corrected chi connectivity index (χ2v) is 8.09. The van der Waals surface area contributed by atoms with Crippen LogP contribution in [-0.4, -0.2) is 57.8 Å². The van der Waals surface area contributed by atoms with Crippen LogP contribution in [0.2, 0.25) is 0 Å². The van der Waals surface area contributed by atoms with E-state index in [1.165, 1.54) is 34.5 Å². The summed E-state index contributed by atoms with van der Waals surface area (Å²) >= 11 is 0. The standard InChI is InChI=1S/C16H24N2O4S/c1-12-7-9-18(10-8-12)23(20,21)13-5-6-15(22-4)14(11-13)16(19)17(2)3/h5-6,11-12H,7-10H2,1-4H3. The molecule has 1 amide bonds. The van der Waals surface area contributed by atoms with Crippen LogP contribution in [-0.2, 0) is 10.0 Å². The fraction of sp³-hybridized carbons (Fsp3) is 0.562. The van der Waals surface area contributed by atoms with Gasteiger partial charge in [0.15, 0.2) is 0 Å². The van der Waals surface area contributed by atoms with Gasteiger partial charge < -0.3 is 9.64 Å². The third kappa shape index (κ3) is 3.67. The number of methoxy groups -OCH3 is 1. The summed E-state index contributed by atoms with van der Waals surface area (Å²) in [6.45, 7) is 3.17. The molecule has 1 saturated heterocycles. The van der Waals surface area contributed by atoms with Crippen molar-refractivity contribution in [3.05, 3.63) is 23.8 Å². The van der Waals surface area contributed by atoms with Gasteiger partial charge >= 0.3 is 0 Å². The molecular formula is C16H24N2O4S. The molecule has 0 saturated carbocycles. The van der Waals surface area contributed by atoms with Crippen molar-refractivity contribution < 1.29 is 17.9 Å². The highest BCUT2D eigenvalue weighted by Gasteiger charge is 2.29. The Bertz CT molecular complexity index is 677. The third-order valence-electron chi connectivity index (χ3n) is 4.19. The van der Waals surface area contributed by atoms with Gasteiger partial charge in [0.2, 0.25) is 10.0 Å².